The van der Waals surface area contributed by atoms with Gasteiger partial charge in [-0.15, -0.1) is 0 Å². The fraction of sp³-hybridized carbons (Fsp3) is 0.318. The van der Waals surface area contributed by atoms with E-state index in [0.717, 1.165) is 37.1 Å². The molecule has 2 aromatic heterocycles. The van der Waals surface area contributed by atoms with Gasteiger partial charge in [0.05, 0.1) is 11.7 Å². The third-order valence-corrected chi connectivity index (χ3v) is 5.33. The average Bonchev–Trinajstić information content (AvgIpc) is 3.28. The van der Waals surface area contributed by atoms with E-state index in [0.29, 0.717) is 29.8 Å². The van der Waals surface area contributed by atoms with Gasteiger partial charge in [-0.25, -0.2) is 19.9 Å². The van der Waals surface area contributed by atoms with Crippen LogP contribution in [-0.4, -0.2) is 43.8 Å². The van der Waals surface area contributed by atoms with Gasteiger partial charge in [-0.1, -0.05) is 23.7 Å². The van der Waals surface area contributed by atoms with Gasteiger partial charge in [-0.05, 0) is 43.5 Å². The van der Waals surface area contributed by atoms with E-state index in [1.807, 2.05) is 35.2 Å². The van der Waals surface area contributed by atoms with Crippen LogP contribution in [0.1, 0.15) is 37.4 Å². The minimum atomic E-state index is -0.0103. The molecule has 30 heavy (non-hydrogen) atoms. The van der Waals surface area contributed by atoms with Gasteiger partial charge >= 0.3 is 0 Å². The van der Waals surface area contributed by atoms with Gasteiger partial charge < -0.3 is 10.2 Å². The van der Waals surface area contributed by atoms with Crippen LogP contribution in [0.5, 0.6) is 0 Å². The number of carbonyl (C=O) groups is 1. The second-order valence-electron chi connectivity index (χ2n) is 7.16. The van der Waals surface area contributed by atoms with Crippen LogP contribution in [0.25, 0.3) is 11.4 Å². The van der Waals surface area contributed by atoms with Gasteiger partial charge in [0.25, 0.3) is 0 Å². The van der Waals surface area contributed by atoms with Crippen molar-refractivity contribution in [1.82, 2.24) is 24.8 Å². The summed E-state index contributed by atoms with van der Waals surface area (Å²) in [5.74, 6) is 1.36. The van der Waals surface area contributed by atoms with E-state index in [1.165, 1.54) is 0 Å². The van der Waals surface area contributed by atoms with E-state index < -0.39 is 0 Å². The second-order valence-corrected chi connectivity index (χ2v) is 7.60. The smallest absolute Gasteiger partial charge is 0.223 e. The first-order chi connectivity index (χ1) is 14.7. The average molecular weight is 423 g/mol. The lowest BCUT2D eigenvalue weighted by Gasteiger charge is -2.24. The Morgan fingerprint density at radius 3 is 2.83 bits per heavy atom. The SMILES string of the molecule is O=C(CCCNc1ncccn1)N1CCC[C@H]1c1ccnc(-c2cccc(Cl)c2)n1. The Labute approximate surface area is 180 Å². The maximum absolute atomic E-state index is 12.8. The number of hydrogen-bond donors (Lipinski definition) is 1. The van der Waals surface area contributed by atoms with Crippen molar-refractivity contribution >= 4 is 23.5 Å². The van der Waals surface area contributed by atoms with Crippen LogP contribution in [0.2, 0.25) is 5.02 Å². The minimum Gasteiger partial charge on any atom is -0.354 e. The molecule has 1 fully saturated rings. The van der Waals surface area contributed by atoms with Crippen LogP contribution in [-0.2, 0) is 4.79 Å². The Balaban J connectivity index is 1.38. The summed E-state index contributed by atoms with van der Waals surface area (Å²) < 4.78 is 0. The fourth-order valence-corrected chi connectivity index (χ4v) is 3.86. The number of benzene rings is 1. The number of nitrogens with zero attached hydrogens (tertiary/aromatic N) is 5. The Morgan fingerprint density at radius 1 is 1.13 bits per heavy atom. The number of halogens is 1. The lowest BCUT2D eigenvalue weighted by atomic mass is 10.1. The Hall–Kier alpha value is -3.06. The van der Waals surface area contributed by atoms with Crippen LogP contribution in [0.4, 0.5) is 5.95 Å². The lowest BCUT2D eigenvalue weighted by Crippen LogP contribution is -2.31. The zero-order valence-electron chi connectivity index (χ0n) is 16.5. The van der Waals surface area contributed by atoms with Crippen molar-refractivity contribution in [2.24, 2.45) is 0 Å². The molecular weight excluding hydrogens is 400 g/mol. The highest BCUT2D eigenvalue weighted by Crippen LogP contribution is 2.32. The van der Waals surface area contributed by atoms with Gasteiger partial charge in [-0.3, -0.25) is 4.79 Å². The molecule has 154 valence electrons. The molecule has 1 amide bonds. The molecule has 7 nitrogen and oxygen atoms in total. The van der Waals surface area contributed by atoms with E-state index in [2.05, 4.69) is 20.3 Å². The molecule has 0 spiro atoms. The van der Waals surface area contributed by atoms with Crippen molar-refractivity contribution in [2.45, 2.75) is 31.7 Å². The predicted molar refractivity (Wildman–Crippen MR) is 116 cm³/mol. The van der Waals surface area contributed by atoms with Crippen molar-refractivity contribution in [2.75, 3.05) is 18.4 Å². The topological polar surface area (TPSA) is 83.9 Å². The standard InChI is InChI=1S/C22H23ClN6O/c23-17-6-1-5-16(15-17)21-24-13-9-18(28-21)19-7-3-14-29(19)20(30)8-2-10-25-22-26-11-4-12-27-22/h1,4-6,9,11-13,15,19H,2-3,7-8,10,14H2,(H,25,26,27)/t19-/m0/s1. The highest BCUT2D eigenvalue weighted by atomic mass is 35.5. The molecule has 0 bridgehead atoms. The molecule has 0 radical (unpaired) electrons. The van der Waals surface area contributed by atoms with Gasteiger partial charge in [0.15, 0.2) is 5.82 Å². The Morgan fingerprint density at radius 2 is 2.00 bits per heavy atom. The third kappa shape index (κ3) is 4.91. The molecule has 1 aliphatic heterocycles. The van der Waals surface area contributed by atoms with Crippen LogP contribution in [0.15, 0.2) is 55.0 Å². The van der Waals surface area contributed by atoms with Crippen molar-refractivity contribution in [3.63, 3.8) is 0 Å². The quantitative estimate of drug-likeness (QED) is 0.576. The van der Waals surface area contributed by atoms with E-state index in [-0.39, 0.29) is 11.9 Å². The first kappa shape index (κ1) is 20.2. The molecule has 8 heteroatoms. The maximum atomic E-state index is 12.8. The van der Waals surface area contributed by atoms with Crippen LogP contribution >= 0.6 is 11.6 Å². The zero-order chi connectivity index (χ0) is 20.8. The van der Waals surface area contributed by atoms with Crippen molar-refractivity contribution < 1.29 is 4.79 Å². The van der Waals surface area contributed by atoms with Gasteiger partial charge in [0, 0.05) is 48.7 Å². The summed E-state index contributed by atoms with van der Waals surface area (Å²) >= 11 is 6.10. The van der Waals surface area contributed by atoms with Gasteiger partial charge in [0.2, 0.25) is 11.9 Å². The van der Waals surface area contributed by atoms with E-state index in [4.69, 9.17) is 16.6 Å². The van der Waals surface area contributed by atoms with Crippen LogP contribution in [0.3, 0.4) is 0 Å². The number of anilines is 1. The maximum Gasteiger partial charge on any atom is 0.223 e. The molecule has 4 rings (SSSR count). The Bertz CT molecular complexity index is 1000. The number of likely N-dealkylation sites (tertiary alicyclic amines) is 1. The van der Waals surface area contributed by atoms with Crippen LogP contribution in [0, 0.1) is 0 Å². The largest absolute Gasteiger partial charge is 0.354 e. The predicted octanol–water partition coefficient (Wildman–Crippen LogP) is 4.14. The summed E-state index contributed by atoms with van der Waals surface area (Å²) in [5.41, 5.74) is 1.75. The fourth-order valence-electron chi connectivity index (χ4n) is 3.67. The summed E-state index contributed by atoms with van der Waals surface area (Å²) in [7, 11) is 0. The molecule has 0 aliphatic carbocycles. The molecule has 1 aliphatic rings. The molecule has 3 heterocycles. The summed E-state index contributed by atoms with van der Waals surface area (Å²) in [5, 5.41) is 3.79. The molecule has 0 saturated carbocycles. The molecule has 1 saturated heterocycles. The number of carbonyl (C=O) groups excluding carboxylic acids is 1. The minimum absolute atomic E-state index is 0.0103. The second kappa shape index (κ2) is 9.63. The van der Waals surface area contributed by atoms with Crippen molar-refractivity contribution in [3.8, 4) is 11.4 Å². The summed E-state index contributed by atoms with van der Waals surface area (Å²) in [6.45, 7) is 1.41. The molecule has 1 aromatic carbocycles. The van der Waals surface area contributed by atoms with Crippen LogP contribution < -0.4 is 5.32 Å². The van der Waals surface area contributed by atoms with E-state index in [9.17, 15) is 4.79 Å². The Kier molecular flexibility index (Phi) is 6.49. The van der Waals surface area contributed by atoms with E-state index >= 15 is 0 Å². The molecule has 0 unspecified atom stereocenters. The monoisotopic (exact) mass is 422 g/mol. The number of aromatic nitrogens is 4. The summed E-state index contributed by atoms with van der Waals surface area (Å²) in [6.07, 6.45) is 8.21. The van der Waals surface area contributed by atoms with Crippen molar-refractivity contribution in [1.29, 1.82) is 0 Å². The number of amides is 1. The highest BCUT2D eigenvalue weighted by Gasteiger charge is 2.30. The number of nitrogens with one attached hydrogen (secondary N) is 1. The molecule has 1 N–H and O–H groups in total. The lowest BCUT2D eigenvalue weighted by molar-refractivity contribution is -0.132. The zero-order valence-corrected chi connectivity index (χ0v) is 17.3. The molecule has 1 atom stereocenters. The van der Waals surface area contributed by atoms with Gasteiger partial charge in [0.1, 0.15) is 0 Å². The number of rotatable bonds is 7. The third-order valence-electron chi connectivity index (χ3n) is 5.09. The summed E-state index contributed by atoms with van der Waals surface area (Å²) in [6, 6.07) is 11.2. The first-order valence-electron chi connectivity index (χ1n) is 10.1. The normalized spacial score (nSPS) is 15.9. The van der Waals surface area contributed by atoms with E-state index in [1.54, 1.807) is 24.7 Å². The highest BCUT2D eigenvalue weighted by molar-refractivity contribution is 6.30. The number of hydrogen-bond acceptors (Lipinski definition) is 6. The van der Waals surface area contributed by atoms with Gasteiger partial charge in [-0.2, -0.15) is 0 Å². The molecular formula is C22H23ClN6O. The van der Waals surface area contributed by atoms with Crippen molar-refractivity contribution in [3.05, 3.63) is 65.7 Å². The summed E-state index contributed by atoms with van der Waals surface area (Å²) in [4.78, 5) is 32.2. The molecule has 3 aromatic rings. The first-order valence-corrected chi connectivity index (χ1v) is 10.5.